The molecule has 0 N–H and O–H groups in total. The average molecular weight is 307 g/mol. The number of rotatable bonds is 3. The van der Waals surface area contributed by atoms with Crippen molar-refractivity contribution in [1.29, 1.82) is 0 Å². The van der Waals surface area contributed by atoms with Crippen molar-refractivity contribution < 1.29 is 14.1 Å². The van der Waals surface area contributed by atoms with E-state index in [4.69, 9.17) is 0 Å². The molecule has 0 spiro atoms. The van der Waals surface area contributed by atoms with Crippen molar-refractivity contribution in [2.75, 3.05) is 0 Å². The largest absolute Gasteiger partial charge is 0.340 e. The predicted octanol–water partition coefficient (Wildman–Crippen LogP) is 2.67. The van der Waals surface area contributed by atoms with Gasteiger partial charge in [0.15, 0.2) is 24.8 Å². The standard InChI is InChI=1S/C18H17N3O2/c1-14-3-4-17(18(13-14)21(22)23)20-11-7-16(8-12-20)15-5-9-19(2)10-6-15/h3-13H,1-2H3/q+2. The first kappa shape index (κ1) is 14.8. The Morgan fingerprint density at radius 3 is 2.04 bits per heavy atom. The van der Waals surface area contributed by atoms with Crippen LogP contribution in [0.5, 0.6) is 0 Å². The Hall–Kier alpha value is -3.08. The monoisotopic (exact) mass is 307 g/mol. The Morgan fingerprint density at radius 2 is 1.48 bits per heavy atom. The lowest BCUT2D eigenvalue weighted by Gasteiger charge is -2.01. The normalized spacial score (nSPS) is 10.5. The number of nitro groups is 1. The van der Waals surface area contributed by atoms with Crippen LogP contribution in [0.25, 0.3) is 16.8 Å². The van der Waals surface area contributed by atoms with Gasteiger partial charge in [0.1, 0.15) is 7.05 Å². The van der Waals surface area contributed by atoms with Gasteiger partial charge in [-0.1, -0.05) is 6.07 Å². The molecule has 0 fully saturated rings. The minimum atomic E-state index is -0.347. The molecule has 0 saturated carbocycles. The summed E-state index contributed by atoms with van der Waals surface area (Å²) in [5.74, 6) is 0. The van der Waals surface area contributed by atoms with Crippen LogP contribution in [0.3, 0.4) is 0 Å². The highest BCUT2D eigenvalue weighted by Gasteiger charge is 2.22. The zero-order valence-corrected chi connectivity index (χ0v) is 13.0. The Balaban J connectivity index is 2.00. The Kier molecular flexibility index (Phi) is 3.85. The highest BCUT2D eigenvalue weighted by atomic mass is 16.6. The SMILES string of the molecule is Cc1ccc(-[n+]2ccc(-c3cc[n+](C)cc3)cc2)c([N+](=O)[O-])c1. The fourth-order valence-corrected chi connectivity index (χ4v) is 2.47. The minimum Gasteiger partial charge on any atom is -0.258 e. The molecule has 23 heavy (non-hydrogen) atoms. The van der Waals surface area contributed by atoms with Crippen molar-refractivity contribution >= 4 is 5.69 Å². The number of nitrogens with zero attached hydrogens (tertiary/aromatic N) is 3. The number of pyridine rings is 2. The molecule has 5 nitrogen and oxygen atoms in total. The summed E-state index contributed by atoms with van der Waals surface area (Å²) in [6.07, 6.45) is 7.67. The van der Waals surface area contributed by atoms with E-state index >= 15 is 0 Å². The molecule has 2 heterocycles. The van der Waals surface area contributed by atoms with Gasteiger partial charge in [-0.3, -0.25) is 10.1 Å². The van der Waals surface area contributed by atoms with Gasteiger partial charge in [0.25, 0.3) is 5.69 Å². The lowest BCUT2D eigenvalue weighted by molar-refractivity contribution is -0.671. The van der Waals surface area contributed by atoms with Gasteiger partial charge in [-0.15, -0.1) is 0 Å². The van der Waals surface area contributed by atoms with E-state index in [1.54, 1.807) is 16.7 Å². The predicted molar refractivity (Wildman–Crippen MR) is 86.0 cm³/mol. The van der Waals surface area contributed by atoms with Crippen LogP contribution in [-0.4, -0.2) is 4.92 Å². The first-order valence-corrected chi connectivity index (χ1v) is 7.27. The third kappa shape index (κ3) is 3.08. The molecule has 0 aliphatic heterocycles. The van der Waals surface area contributed by atoms with Crippen LogP contribution >= 0.6 is 0 Å². The van der Waals surface area contributed by atoms with Crippen LogP contribution in [0.2, 0.25) is 0 Å². The quantitative estimate of drug-likeness (QED) is 0.424. The number of nitro benzene ring substituents is 1. The summed E-state index contributed by atoms with van der Waals surface area (Å²) >= 11 is 0. The zero-order valence-electron chi connectivity index (χ0n) is 13.0. The molecule has 0 bridgehead atoms. The van der Waals surface area contributed by atoms with Crippen molar-refractivity contribution in [3.8, 4) is 16.8 Å². The second-order valence-electron chi connectivity index (χ2n) is 5.50. The number of hydrogen-bond donors (Lipinski definition) is 0. The fraction of sp³-hybridized carbons (Fsp3) is 0.111. The van der Waals surface area contributed by atoms with Gasteiger partial charge in [-0.25, -0.2) is 4.57 Å². The highest BCUT2D eigenvalue weighted by molar-refractivity contribution is 5.61. The van der Waals surface area contributed by atoms with Crippen molar-refractivity contribution in [3.05, 3.63) is 82.9 Å². The summed E-state index contributed by atoms with van der Waals surface area (Å²) in [6, 6.07) is 13.2. The summed E-state index contributed by atoms with van der Waals surface area (Å²) in [5, 5.41) is 11.3. The molecule has 0 radical (unpaired) electrons. The molecule has 0 amide bonds. The van der Waals surface area contributed by atoms with Gasteiger partial charge in [0.2, 0.25) is 0 Å². The number of aryl methyl sites for hydroxylation is 2. The topological polar surface area (TPSA) is 50.9 Å². The van der Waals surface area contributed by atoms with Gasteiger partial charge >= 0.3 is 5.69 Å². The van der Waals surface area contributed by atoms with Crippen molar-refractivity contribution in [2.24, 2.45) is 7.05 Å². The zero-order chi connectivity index (χ0) is 16.4. The van der Waals surface area contributed by atoms with Crippen LogP contribution in [-0.2, 0) is 7.05 Å². The lowest BCUT2D eigenvalue weighted by atomic mass is 10.1. The fourth-order valence-electron chi connectivity index (χ4n) is 2.47. The van der Waals surface area contributed by atoms with Gasteiger partial charge in [0, 0.05) is 36.4 Å². The second kappa shape index (κ2) is 5.96. The highest BCUT2D eigenvalue weighted by Crippen LogP contribution is 2.21. The molecule has 5 heteroatoms. The maximum atomic E-state index is 11.3. The van der Waals surface area contributed by atoms with Crippen molar-refractivity contribution in [3.63, 3.8) is 0 Å². The molecular formula is C18H17N3O2+2. The summed E-state index contributed by atoms with van der Waals surface area (Å²) in [7, 11) is 1.97. The van der Waals surface area contributed by atoms with E-state index in [0.29, 0.717) is 5.69 Å². The molecule has 1 aromatic carbocycles. The minimum absolute atomic E-state index is 0.106. The van der Waals surface area contributed by atoms with E-state index in [0.717, 1.165) is 16.7 Å². The molecule has 0 aliphatic carbocycles. The molecule has 3 aromatic rings. The van der Waals surface area contributed by atoms with E-state index in [1.165, 1.54) is 0 Å². The summed E-state index contributed by atoms with van der Waals surface area (Å²) < 4.78 is 3.74. The number of benzene rings is 1. The Bertz CT molecular complexity index is 856. The molecule has 0 unspecified atom stereocenters. The molecule has 3 rings (SSSR count). The first-order chi connectivity index (χ1) is 11.0. The smallest absolute Gasteiger partial charge is 0.258 e. The van der Waals surface area contributed by atoms with Crippen LogP contribution in [0.15, 0.2) is 67.3 Å². The van der Waals surface area contributed by atoms with E-state index in [1.807, 2.05) is 73.7 Å². The molecule has 0 saturated heterocycles. The summed E-state index contributed by atoms with van der Waals surface area (Å²) in [5.41, 5.74) is 3.71. The maximum Gasteiger partial charge on any atom is 0.340 e. The van der Waals surface area contributed by atoms with Crippen LogP contribution in [0.4, 0.5) is 5.69 Å². The van der Waals surface area contributed by atoms with Gasteiger partial charge in [-0.2, -0.15) is 4.57 Å². The molecule has 0 aliphatic rings. The third-order valence-corrected chi connectivity index (χ3v) is 3.75. The van der Waals surface area contributed by atoms with E-state index in [9.17, 15) is 10.1 Å². The van der Waals surface area contributed by atoms with Crippen molar-refractivity contribution in [1.82, 2.24) is 0 Å². The van der Waals surface area contributed by atoms with Crippen LogP contribution in [0.1, 0.15) is 5.56 Å². The number of hydrogen-bond acceptors (Lipinski definition) is 2. The van der Waals surface area contributed by atoms with E-state index < -0.39 is 0 Å². The molecule has 2 aromatic heterocycles. The number of aromatic nitrogens is 2. The van der Waals surface area contributed by atoms with Crippen LogP contribution in [0, 0.1) is 17.0 Å². The first-order valence-electron chi connectivity index (χ1n) is 7.27. The average Bonchev–Trinajstić information content (AvgIpc) is 2.56. The van der Waals surface area contributed by atoms with Crippen molar-refractivity contribution in [2.45, 2.75) is 6.92 Å². The van der Waals surface area contributed by atoms with Gasteiger partial charge in [-0.05, 0) is 23.6 Å². The second-order valence-corrected chi connectivity index (χ2v) is 5.50. The summed E-state index contributed by atoms with van der Waals surface area (Å²) in [4.78, 5) is 10.9. The molecule has 0 atom stereocenters. The summed E-state index contributed by atoms with van der Waals surface area (Å²) in [6.45, 7) is 1.85. The van der Waals surface area contributed by atoms with E-state index in [2.05, 4.69) is 0 Å². The lowest BCUT2D eigenvalue weighted by Crippen LogP contribution is -2.30. The van der Waals surface area contributed by atoms with Gasteiger partial charge in [0.05, 0.1) is 4.92 Å². The third-order valence-electron chi connectivity index (χ3n) is 3.75. The van der Waals surface area contributed by atoms with E-state index in [-0.39, 0.29) is 10.6 Å². The molecule has 114 valence electrons. The van der Waals surface area contributed by atoms with Crippen LogP contribution < -0.4 is 9.13 Å². The van der Waals surface area contributed by atoms with Gasteiger partial charge < -0.3 is 0 Å². The molecular weight excluding hydrogens is 290 g/mol. The Labute approximate surface area is 134 Å². The Morgan fingerprint density at radius 1 is 0.913 bits per heavy atom. The maximum absolute atomic E-state index is 11.3.